The topological polar surface area (TPSA) is 70.5 Å². The molecule has 0 radical (unpaired) electrons. The second-order valence-electron chi connectivity index (χ2n) is 8.12. The van der Waals surface area contributed by atoms with Crippen molar-refractivity contribution in [2.24, 2.45) is 0 Å². The molecule has 0 bridgehead atoms. The van der Waals surface area contributed by atoms with Crippen LogP contribution in [0.2, 0.25) is 0 Å². The van der Waals surface area contributed by atoms with E-state index in [4.69, 9.17) is 0 Å². The molecule has 34 heavy (non-hydrogen) atoms. The van der Waals surface area contributed by atoms with Gasteiger partial charge in [-0.3, -0.25) is 14.5 Å². The third kappa shape index (κ3) is 3.47. The lowest BCUT2D eigenvalue weighted by molar-refractivity contribution is -0.132. The minimum absolute atomic E-state index is 0.0394. The highest BCUT2D eigenvalue weighted by Gasteiger charge is 2.49. The molecule has 5 nitrogen and oxygen atoms in total. The smallest absolute Gasteiger partial charge is 0.301 e. The van der Waals surface area contributed by atoms with Crippen LogP contribution in [0.4, 0.5) is 13.9 Å². The van der Waals surface area contributed by atoms with Gasteiger partial charge in [0.15, 0.2) is 5.13 Å². The van der Waals surface area contributed by atoms with E-state index >= 15 is 0 Å². The predicted octanol–water partition coefficient (Wildman–Crippen LogP) is 5.82. The van der Waals surface area contributed by atoms with Crippen molar-refractivity contribution in [3.05, 3.63) is 100 Å². The molecule has 3 aromatic carbocycles. The molecule has 4 aromatic rings. The van der Waals surface area contributed by atoms with Crippen LogP contribution in [0.15, 0.2) is 66.2 Å². The molecule has 1 aliphatic heterocycles. The molecule has 0 spiro atoms. The SMILES string of the molecule is Cc1cc(C)c2nc(N3C(=O)C(=O)C(=C(O)c4ccc(F)cc4)C3c3ccccc3F)sc2c1. The Labute approximate surface area is 197 Å². The van der Waals surface area contributed by atoms with Crippen molar-refractivity contribution in [3.8, 4) is 0 Å². The maximum Gasteiger partial charge on any atom is 0.301 e. The van der Waals surface area contributed by atoms with Crippen molar-refractivity contribution < 1.29 is 23.5 Å². The van der Waals surface area contributed by atoms with Crippen LogP contribution in [0.3, 0.4) is 0 Å². The van der Waals surface area contributed by atoms with Crippen LogP contribution in [0.1, 0.15) is 28.3 Å². The Morgan fingerprint density at radius 2 is 1.74 bits per heavy atom. The number of aryl methyl sites for hydroxylation is 2. The van der Waals surface area contributed by atoms with Gasteiger partial charge in [-0.15, -0.1) is 0 Å². The molecule has 1 aliphatic rings. The first-order valence-electron chi connectivity index (χ1n) is 10.5. The van der Waals surface area contributed by atoms with Gasteiger partial charge in [-0.25, -0.2) is 13.8 Å². The van der Waals surface area contributed by atoms with Crippen LogP contribution in [0.25, 0.3) is 16.0 Å². The molecule has 1 aromatic heterocycles. The van der Waals surface area contributed by atoms with Crippen molar-refractivity contribution in [2.45, 2.75) is 19.9 Å². The van der Waals surface area contributed by atoms with Crippen LogP contribution in [0.5, 0.6) is 0 Å². The summed E-state index contributed by atoms with van der Waals surface area (Å²) in [4.78, 5) is 32.2. The summed E-state index contributed by atoms with van der Waals surface area (Å²) in [6.45, 7) is 3.84. The number of hydrogen-bond donors (Lipinski definition) is 1. The van der Waals surface area contributed by atoms with Gasteiger partial charge in [0.05, 0.1) is 15.8 Å². The van der Waals surface area contributed by atoms with Gasteiger partial charge >= 0.3 is 5.91 Å². The van der Waals surface area contributed by atoms with Crippen LogP contribution in [0, 0.1) is 25.5 Å². The van der Waals surface area contributed by atoms with Gasteiger partial charge in [-0.05, 0) is 61.4 Å². The largest absolute Gasteiger partial charge is 0.507 e. The molecule has 2 heterocycles. The third-order valence-corrected chi connectivity index (χ3v) is 6.79. The number of fused-ring (bicyclic) bond motifs is 1. The number of Topliss-reactive ketones (excluding diaryl/α,β-unsaturated/α-hetero) is 1. The van der Waals surface area contributed by atoms with E-state index < -0.39 is 35.1 Å². The number of anilines is 1. The third-order valence-electron chi connectivity index (χ3n) is 5.79. The molecular weight excluding hydrogens is 458 g/mol. The van der Waals surface area contributed by atoms with Crippen molar-refractivity contribution in [1.82, 2.24) is 4.98 Å². The molecule has 1 unspecified atom stereocenters. The second-order valence-corrected chi connectivity index (χ2v) is 9.13. The zero-order chi connectivity index (χ0) is 24.1. The number of nitrogens with zero attached hydrogens (tertiary/aromatic N) is 2. The van der Waals surface area contributed by atoms with Crippen molar-refractivity contribution in [3.63, 3.8) is 0 Å². The molecule has 1 amide bonds. The maximum atomic E-state index is 15.0. The Morgan fingerprint density at radius 3 is 2.44 bits per heavy atom. The van der Waals surface area contributed by atoms with Crippen LogP contribution in [-0.4, -0.2) is 21.8 Å². The number of amides is 1. The Bertz CT molecular complexity index is 1510. The summed E-state index contributed by atoms with van der Waals surface area (Å²) in [5.74, 6) is -3.57. The van der Waals surface area contributed by atoms with Crippen molar-refractivity contribution in [2.75, 3.05) is 4.90 Å². The number of thiazole rings is 1. The summed E-state index contributed by atoms with van der Waals surface area (Å²) in [5, 5.41) is 11.2. The van der Waals surface area contributed by atoms with Gasteiger partial charge in [-0.1, -0.05) is 35.6 Å². The van der Waals surface area contributed by atoms with Gasteiger partial charge < -0.3 is 5.11 Å². The highest BCUT2D eigenvalue weighted by molar-refractivity contribution is 7.22. The molecule has 1 saturated heterocycles. The molecule has 0 saturated carbocycles. The molecule has 8 heteroatoms. The van der Waals surface area contributed by atoms with E-state index in [1.807, 2.05) is 26.0 Å². The Balaban J connectivity index is 1.76. The Kier molecular flexibility index (Phi) is 5.25. The van der Waals surface area contributed by atoms with Gasteiger partial charge in [0.25, 0.3) is 5.78 Å². The quantitative estimate of drug-likeness (QED) is 0.230. The van der Waals surface area contributed by atoms with Crippen LogP contribution < -0.4 is 4.90 Å². The number of aliphatic hydroxyl groups excluding tert-OH is 1. The standard InChI is InChI=1S/C26H18F2N2O3S/c1-13-11-14(2)21-19(12-13)34-26(29-21)30-22(17-5-3-4-6-18(17)28)20(24(32)25(30)33)23(31)15-7-9-16(27)10-8-15/h3-12,22,31H,1-2H3. The Hall–Kier alpha value is -3.91. The molecule has 170 valence electrons. The number of aromatic nitrogens is 1. The average Bonchev–Trinajstić information content (AvgIpc) is 3.33. The van der Waals surface area contributed by atoms with E-state index in [-0.39, 0.29) is 21.8 Å². The monoisotopic (exact) mass is 476 g/mol. The zero-order valence-electron chi connectivity index (χ0n) is 18.2. The number of rotatable bonds is 3. The summed E-state index contributed by atoms with van der Waals surface area (Å²) in [7, 11) is 0. The number of aliphatic hydroxyl groups is 1. The number of hydrogen-bond acceptors (Lipinski definition) is 5. The number of carbonyl (C=O) groups excluding carboxylic acids is 2. The van der Waals surface area contributed by atoms with E-state index in [1.54, 1.807) is 6.07 Å². The molecule has 1 N–H and O–H groups in total. The van der Waals surface area contributed by atoms with Gasteiger partial charge in [0.2, 0.25) is 0 Å². The fraction of sp³-hybridized carbons (Fsp3) is 0.115. The van der Waals surface area contributed by atoms with Crippen molar-refractivity contribution >= 4 is 44.1 Å². The summed E-state index contributed by atoms with van der Waals surface area (Å²) in [5.41, 5.74) is 2.49. The van der Waals surface area contributed by atoms with E-state index in [0.29, 0.717) is 5.52 Å². The van der Waals surface area contributed by atoms with Crippen LogP contribution >= 0.6 is 11.3 Å². The van der Waals surface area contributed by atoms with E-state index in [9.17, 15) is 23.5 Å². The molecular formula is C26H18F2N2O3S. The molecule has 0 aliphatic carbocycles. The molecule has 5 rings (SSSR count). The van der Waals surface area contributed by atoms with E-state index in [2.05, 4.69) is 4.98 Å². The number of ketones is 1. The maximum absolute atomic E-state index is 15.0. The predicted molar refractivity (Wildman–Crippen MR) is 127 cm³/mol. The molecule has 1 atom stereocenters. The minimum atomic E-state index is -1.24. The summed E-state index contributed by atoms with van der Waals surface area (Å²) >= 11 is 1.21. The fourth-order valence-electron chi connectivity index (χ4n) is 4.25. The van der Waals surface area contributed by atoms with E-state index in [1.165, 1.54) is 41.7 Å². The normalized spacial score (nSPS) is 17.6. The number of benzene rings is 3. The average molecular weight is 477 g/mol. The number of halogens is 2. The zero-order valence-corrected chi connectivity index (χ0v) is 19.0. The van der Waals surface area contributed by atoms with Crippen LogP contribution in [-0.2, 0) is 9.59 Å². The summed E-state index contributed by atoms with van der Waals surface area (Å²) in [6, 6.07) is 13.2. The van der Waals surface area contributed by atoms with E-state index in [0.717, 1.165) is 32.9 Å². The first kappa shape index (κ1) is 21.9. The first-order valence-corrected chi connectivity index (χ1v) is 11.3. The highest BCUT2D eigenvalue weighted by atomic mass is 32.1. The summed E-state index contributed by atoms with van der Waals surface area (Å²) < 4.78 is 29.2. The first-order chi connectivity index (χ1) is 16.3. The minimum Gasteiger partial charge on any atom is -0.507 e. The second kappa shape index (κ2) is 8.14. The van der Waals surface area contributed by atoms with Gasteiger partial charge in [0.1, 0.15) is 23.4 Å². The fourth-order valence-corrected chi connectivity index (χ4v) is 5.41. The van der Waals surface area contributed by atoms with Gasteiger partial charge in [0, 0.05) is 11.1 Å². The lowest BCUT2D eigenvalue weighted by Crippen LogP contribution is -2.29. The lowest BCUT2D eigenvalue weighted by Gasteiger charge is -2.23. The van der Waals surface area contributed by atoms with Gasteiger partial charge in [-0.2, -0.15) is 0 Å². The van der Waals surface area contributed by atoms with Crippen molar-refractivity contribution in [1.29, 1.82) is 0 Å². The number of carbonyl (C=O) groups is 2. The Morgan fingerprint density at radius 1 is 1.03 bits per heavy atom. The highest BCUT2D eigenvalue weighted by Crippen LogP contribution is 2.45. The summed E-state index contributed by atoms with van der Waals surface area (Å²) in [6.07, 6.45) is 0. The molecule has 1 fully saturated rings. The lowest BCUT2D eigenvalue weighted by atomic mass is 9.95.